The van der Waals surface area contributed by atoms with Crippen LogP contribution in [0.1, 0.15) is 58.6 Å². The van der Waals surface area contributed by atoms with Gasteiger partial charge in [0.15, 0.2) is 5.82 Å². The SMILES string of the molecule is FC(F)c1nc2ccccc2n1-c1cc(OC2CCCCC2)nc(N2CCOCC2)n1.NC(=O)CN1CCCC1.[HH]. The minimum Gasteiger partial charge on any atom is -0.474 e. The maximum atomic E-state index is 13.9. The molecule has 2 aromatic heterocycles. The van der Waals surface area contributed by atoms with E-state index in [4.69, 9.17) is 15.2 Å². The maximum Gasteiger partial charge on any atom is 0.296 e. The molecule has 0 spiro atoms. The lowest BCUT2D eigenvalue weighted by atomic mass is 9.98. The number of hydrogen-bond acceptors (Lipinski definition) is 8. The summed E-state index contributed by atoms with van der Waals surface area (Å²) in [6.45, 7) is 4.95. The summed E-state index contributed by atoms with van der Waals surface area (Å²) in [4.78, 5) is 27.9. The Balaban J connectivity index is 0.000000333. The number of halogens is 2. The van der Waals surface area contributed by atoms with Crippen LogP contribution in [0.25, 0.3) is 16.9 Å². The summed E-state index contributed by atoms with van der Waals surface area (Å²) in [5.74, 6) is 0.667. The highest BCUT2D eigenvalue weighted by Gasteiger charge is 2.25. The van der Waals surface area contributed by atoms with E-state index in [9.17, 15) is 13.6 Å². The van der Waals surface area contributed by atoms with Gasteiger partial charge in [-0.15, -0.1) is 0 Å². The number of fused-ring (bicyclic) bond motifs is 1. The third-order valence-electron chi connectivity index (χ3n) is 7.40. The van der Waals surface area contributed by atoms with E-state index >= 15 is 0 Å². The first-order valence-corrected chi connectivity index (χ1v) is 14.1. The highest BCUT2D eigenvalue weighted by Crippen LogP contribution is 2.30. The molecule has 0 radical (unpaired) electrons. The van der Waals surface area contributed by atoms with Gasteiger partial charge in [0.05, 0.1) is 30.8 Å². The number of amides is 1. The van der Waals surface area contributed by atoms with Crippen molar-refractivity contribution in [3.05, 3.63) is 36.2 Å². The van der Waals surface area contributed by atoms with Crippen molar-refractivity contribution < 1.29 is 24.5 Å². The number of morpholine rings is 1. The van der Waals surface area contributed by atoms with Crippen LogP contribution in [0.15, 0.2) is 30.3 Å². The van der Waals surface area contributed by atoms with Gasteiger partial charge < -0.3 is 20.1 Å². The van der Waals surface area contributed by atoms with Crippen LogP contribution in [-0.2, 0) is 9.53 Å². The molecule has 1 aliphatic carbocycles. The summed E-state index contributed by atoms with van der Waals surface area (Å²) in [5, 5.41) is 0. The van der Waals surface area contributed by atoms with Gasteiger partial charge in [0, 0.05) is 20.6 Å². The van der Waals surface area contributed by atoms with E-state index in [0.717, 1.165) is 38.8 Å². The molecule has 3 aliphatic rings. The number of nitrogens with zero attached hydrogens (tertiary/aromatic N) is 6. The van der Waals surface area contributed by atoms with Gasteiger partial charge in [-0.25, -0.2) is 13.8 Å². The van der Waals surface area contributed by atoms with Gasteiger partial charge in [-0.3, -0.25) is 14.3 Å². The zero-order chi connectivity index (χ0) is 27.9. The number of hydrogen-bond donors (Lipinski definition) is 1. The number of likely N-dealkylation sites (tertiary alicyclic amines) is 1. The summed E-state index contributed by atoms with van der Waals surface area (Å²) in [7, 11) is 0. The van der Waals surface area contributed by atoms with Crippen molar-refractivity contribution in [2.45, 2.75) is 57.5 Å². The fourth-order valence-electron chi connectivity index (χ4n) is 5.43. The van der Waals surface area contributed by atoms with Crippen LogP contribution in [0, 0.1) is 0 Å². The lowest BCUT2D eigenvalue weighted by Gasteiger charge is -2.28. The standard InChI is InChI=1S/C22H25F2N5O2.C6H12N2O.H2/c23-20(24)21-25-16-8-4-5-9-17(16)29(21)18-14-19(31-15-6-2-1-3-7-15)27-22(26-18)28-10-12-30-13-11-28;7-6(9)5-8-3-1-2-4-8;/h4-5,8-9,14-15,20H,1-3,6-7,10-13H2;1-5H2,(H2,7,9);1H. The number of alkyl halides is 2. The topological polar surface area (TPSA) is 112 Å². The maximum absolute atomic E-state index is 13.9. The molecule has 40 heavy (non-hydrogen) atoms. The molecule has 10 nitrogen and oxygen atoms in total. The van der Waals surface area contributed by atoms with E-state index in [1.54, 1.807) is 30.3 Å². The number of nitrogens with two attached hydrogens (primary N) is 1. The van der Waals surface area contributed by atoms with E-state index in [1.807, 2.05) is 4.90 Å². The second kappa shape index (κ2) is 13.3. The predicted molar refractivity (Wildman–Crippen MR) is 149 cm³/mol. The molecular formula is C28H39F2N7O3. The predicted octanol–water partition coefficient (Wildman–Crippen LogP) is 4.11. The fourth-order valence-corrected chi connectivity index (χ4v) is 5.43. The van der Waals surface area contributed by atoms with Crippen LogP contribution in [0.2, 0.25) is 0 Å². The van der Waals surface area contributed by atoms with Gasteiger partial charge >= 0.3 is 0 Å². The lowest BCUT2D eigenvalue weighted by Crippen LogP contribution is -2.37. The van der Waals surface area contributed by atoms with Crippen molar-refractivity contribution in [2.75, 3.05) is 50.8 Å². The normalized spacial score (nSPS) is 18.6. The molecule has 0 atom stereocenters. The fraction of sp³-hybridized carbons (Fsp3) is 0.571. The average molecular weight is 560 g/mol. The number of para-hydroxylation sites is 2. The molecule has 2 N–H and O–H groups in total. The van der Waals surface area contributed by atoms with Gasteiger partial charge in [0.1, 0.15) is 11.9 Å². The van der Waals surface area contributed by atoms with Crippen molar-refractivity contribution in [3.8, 4) is 11.7 Å². The Kier molecular flexibility index (Phi) is 9.38. The summed E-state index contributed by atoms with van der Waals surface area (Å²) < 4.78 is 40.9. The first kappa shape index (κ1) is 28.2. The van der Waals surface area contributed by atoms with Crippen LogP contribution >= 0.6 is 0 Å². The molecule has 2 aliphatic heterocycles. The number of primary amides is 1. The first-order chi connectivity index (χ1) is 19.5. The number of carbonyl (C=O) groups is 1. The zero-order valence-electron chi connectivity index (χ0n) is 22.7. The van der Waals surface area contributed by atoms with Crippen LogP contribution in [-0.4, -0.2) is 82.4 Å². The van der Waals surface area contributed by atoms with Crippen LogP contribution in [0.4, 0.5) is 14.7 Å². The molecule has 0 bridgehead atoms. The zero-order valence-corrected chi connectivity index (χ0v) is 22.7. The van der Waals surface area contributed by atoms with Crippen LogP contribution in [0.3, 0.4) is 0 Å². The smallest absolute Gasteiger partial charge is 0.296 e. The summed E-state index contributed by atoms with van der Waals surface area (Å²) in [5.41, 5.74) is 6.07. The van der Waals surface area contributed by atoms with Gasteiger partial charge in [0.25, 0.3) is 6.43 Å². The Morgan fingerprint density at radius 2 is 1.75 bits per heavy atom. The molecular weight excluding hydrogens is 520 g/mol. The Labute approximate surface area is 234 Å². The van der Waals surface area contributed by atoms with Crippen molar-refractivity contribution in [2.24, 2.45) is 5.73 Å². The molecule has 1 amide bonds. The van der Waals surface area contributed by atoms with Crippen LogP contribution in [0.5, 0.6) is 5.88 Å². The highest BCUT2D eigenvalue weighted by atomic mass is 19.3. The Morgan fingerprint density at radius 3 is 2.45 bits per heavy atom. The third-order valence-corrected chi connectivity index (χ3v) is 7.40. The van der Waals surface area contributed by atoms with E-state index in [2.05, 4.69) is 19.9 Å². The Hall–Kier alpha value is -3.38. The third kappa shape index (κ3) is 7.03. The molecule has 0 unspecified atom stereocenters. The monoisotopic (exact) mass is 559 g/mol. The molecule has 3 aromatic rings. The first-order valence-electron chi connectivity index (χ1n) is 14.1. The molecule has 3 fully saturated rings. The molecule has 218 valence electrons. The molecule has 6 rings (SSSR count). The molecule has 1 saturated carbocycles. The average Bonchev–Trinajstić information content (AvgIpc) is 3.62. The van der Waals surface area contributed by atoms with Crippen molar-refractivity contribution >= 4 is 22.9 Å². The number of aromatic nitrogens is 4. The van der Waals surface area contributed by atoms with E-state index in [1.165, 1.54) is 23.8 Å². The summed E-state index contributed by atoms with van der Waals surface area (Å²) in [6, 6.07) is 8.73. The van der Waals surface area contributed by atoms with Gasteiger partial charge in [-0.1, -0.05) is 18.6 Å². The van der Waals surface area contributed by atoms with Gasteiger partial charge in [-0.2, -0.15) is 9.97 Å². The number of ether oxygens (including phenoxy) is 2. The van der Waals surface area contributed by atoms with E-state index < -0.39 is 6.43 Å². The summed E-state index contributed by atoms with van der Waals surface area (Å²) >= 11 is 0. The van der Waals surface area contributed by atoms with Gasteiger partial charge in [0.2, 0.25) is 17.7 Å². The number of anilines is 1. The van der Waals surface area contributed by atoms with Gasteiger partial charge in [-0.05, 0) is 63.7 Å². The summed E-state index contributed by atoms with van der Waals surface area (Å²) in [6.07, 6.45) is 5.19. The van der Waals surface area contributed by atoms with E-state index in [-0.39, 0.29) is 19.3 Å². The number of imidazole rings is 1. The minimum atomic E-state index is -2.74. The molecule has 4 heterocycles. The largest absolute Gasteiger partial charge is 0.474 e. The Bertz CT molecular complexity index is 1280. The quantitative estimate of drug-likeness (QED) is 0.460. The number of carbonyl (C=O) groups excluding carboxylic acids is 1. The van der Waals surface area contributed by atoms with Crippen molar-refractivity contribution in [1.29, 1.82) is 0 Å². The van der Waals surface area contributed by atoms with Crippen LogP contribution < -0.4 is 15.4 Å². The lowest BCUT2D eigenvalue weighted by molar-refractivity contribution is -0.118. The second-order valence-corrected chi connectivity index (χ2v) is 10.4. The second-order valence-electron chi connectivity index (χ2n) is 10.4. The van der Waals surface area contributed by atoms with E-state index in [0.29, 0.717) is 61.5 Å². The number of rotatable bonds is 7. The minimum absolute atomic E-state index is 0. The van der Waals surface area contributed by atoms with Crippen molar-refractivity contribution in [1.82, 2.24) is 24.4 Å². The molecule has 1 aromatic carbocycles. The molecule has 12 heteroatoms. The Morgan fingerprint density at radius 1 is 1.02 bits per heavy atom. The number of benzene rings is 1. The highest BCUT2D eigenvalue weighted by molar-refractivity contribution is 5.78. The molecule has 2 saturated heterocycles. The van der Waals surface area contributed by atoms with Crippen molar-refractivity contribution in [3.63, 3.8) is 0 Å².